The van der Waals surface area contributed by atoms with Crippen LogP contribution < -0.4 is 10.1 Å². The Morgan fingerprint density at radius 1 is 1.20 bits per heavy atom. The first-order valence-electron chi connectivity index (χ1n) is 10.0. The molecule has 1 unspecified atom stereocenters. The fourth-order valence-electron chi connectivity index (χ4n) is 3.08. The van der Waals surface area contributed by atoms with Crippen LogP contribution >= 0.6 is 0 Å². The molecule has 0 saturated heterocycles. The summed E-state index contributed by atoms with van der Waals surface area (Å²) in [6, 6.07) is 17.5. The number of aromatic nitrogens is 2. The van der Waals surface area contributed by atoms with Crippen LogP contribution in [-0.4, -0.2) is 53.2 Å². The van der Waals surface area contributed by atoms with E-state index in [9.17, 15) is 5.11 Å². The van der Waals surface area contributed by atoms with Gasteiger partial charge in [-0.15, -0.1) is 0 Å². The van der Waals surface area contributed by atoms with Crippen LogP contribution in [0.4, 0.5) is 0 Å². The summed E-state index contributed by atoms with van der Waals surface area (Å²) in [4.78, 5) is 14.4. The molecule has 0 aliphatic rings. The molecule has 3 rings (SSSR count). The third-order valence-corrected chi connectivity index (χ3v) is 4.71. The maximum atomic E-state index is 10.5. The Morgan fingerprint density at radius 3 is 2.60 bits per heavy atom. The number of guanidine groups is 1. The van der Waals surface area contributed by atoms with Crippen molar-refractivity contribution in [2.45, 2.75) is 19.6 Å². The minimum atomic E-state index is -0.689. The van der Waals surface area contributed by atoms with E-state index in [0.29, 0.717) is 12.5 Å². The lowest BCUT2D eigenvalue weighted by Crippen LogP contribution is -2.39. The molecule has 0 fully saturated rings. The predicted octanol–water partition coefficient (Wildman–Crippen LogP) is 3.22. The molecule has 1 heterocycles. The maximum absolute atomic E-state index is 10.5. The molecule has 7 heteroatoms. The number of ether oxygens (including phenoxy) is 1. The Balaban J connectivity index is 1.65. The van der Waals surface area contributed by atoms with Gasteiger partial charge < -0.3 is 25.0 Å². The van der Waals surface area contributed by atoms with Gasteiger partial charge in [-0.25, -0.2) is 4.98 Å². The Labute approximate surface area is 177 Å². The Bertz CT molecular complexity index is 938. The van der Waals surface area contributed by atoms with Crippen LogP contribution in [0.2, 0.25) is 0 Å². The fourth-order valence-corrected chi connectivity index (χ4v) is 3.08. The van der Waals surface area contributed by atoms with Gasteiger partial charge in [0, 0.05) is 13.6 Å². The van der Waals surface area contributed by atoms with Crippen molar-refractivity contribution in [1.82, 2.24) is 20.2 Å². The summed E-state index contributed by atoms with van der Waals surface area (Å²) in [5, 5.41) is 13.8. The third-order valence-electron chi connectivity index (χ3n) is 4.71. The lowest BCUT2D eigenvalue weighted by atomic mass is 10.1. The van der Waals surface area contributed by atoms with Crippen molar-refractivity contribution in [3.8, 4) is 17.0 Å². The molecule has 30 heavy (non-hydrogen) atoms. The molecule has 0 radical (unpaired) electrons. The van der Waals surface area contributed by atoms with Crippen molar-refractivity contribution in [2.75, 3.05) is 27.2 Å². The zero-order valence-electron chi connectivity index (χ0n) is 17.7. The highest BCUT2D eigenvalue weighted by atomic mass is 16.5. The molecular formula is C23H29N5O2. The zero-order chi connectivity index (χ0) is 21.3. The maximum Gasteiger partial charge on any atom is 0.194 e. The van der Waals surface area contributed by atoms with Crippen LogP contribution in [0.1, 0.15) is 24.4 Å². The third kappa shape index (κ3) is 5.61. The minimum absolute atomic E-state index is 0.256. The molecule has 158 valence electrons. The number of hydrogen-bond donors (Lipinski definition) is 3. The molecule has 3 aromatic rings. The van der Waals surface area contributed by atoms with E-state index in [1.54, 1.807) is 7.11 Å². The van der Waals surface area contributed by atoms with Gasteiger partial charge >= 0.3 is 0 Å². The lowest BCUT2D eigenvalue weighted by Gasteiger charge is -2.21. The summed E-state index contributed by atoms with van der Waals surface area (Å²) >= 11 is 0. The SMILES string of the molecule is CCNC(=NCC(O)c1ccc(OC)cc1)N(C)Cc1ncc(-c2ccccc2)[nH]1. The molecule has 0 spiro atoms. The first-order chi connectivity index (χ1) is 14.6. The highest BCUT2D eigenvalue weighted by Crippen LogP contribution is 2.18. The van der Waals surface area contributed by atoms with Gasteiger partial charge in [0.05, 0.1) is 38.2 Å². The van der Waals surface area contributed by atoms with Crippen LogP contribution in [0.5, 0.6) is 5.75 Å². The summed E-state index contributed by atoms with van der Waals surface area (Å²) in [6.07, 6.45) is 1.15. The highest BCUT2D eigenvalue weighted by Gasteiger charge is 2.12. The number of H-pyrrole nitrogens is 1. The molecule has 0 amide bonds. The van der Waals surface area contributed by atoms with Crippen molar-refractivity contribution in [1.29, 1.82) is 0 Å². The van der Waals surface area contributed by atoms with Crippen LogP contribution in [0.15, 0.2) is 65.8 Å². The number of aliphatic imine (C=N–C) groups is 1. The van der Waals surface area contributed by atoms with Crippen LogP contribution in [0.3, 0.4) is 0 Å². The summed E-state index contributed by atoms with van der Waals surface area (Å²) in [5.74, 6) is 2.32. The molecule has 3 N–H and O–H groups in total. The first-order valence-corrected chi connectivity index (χ1v) is 10.0. The van der Waals surface area contributed by atoms with Gasteiger partial charge in [0.15, 0.2) is 5.96 Å². The number of nitrogens with zero attached hydrogens (tertiary/aromatic N) is 3. The van der Waals surface area contributed by atoms with E-state index in [0.717, 1.165) is 34.9 Å². The number of methoxy groups -OCH3 is 1. The van der Waals surface area contributed by atoms with Gasteiger partial charge in [-0.1, -0.05) is 42.5 Å². The second kappa shape index (κ2) is 10.5. The van der Waals surface area contributed by atoms with Gasteiger partial charge in [0.2, 0.25) is 0 Å². The normalized spacial score (nSPS) is 12.5. The topological polar surface area (TPSA) is 85.8 Å². The van der Waals surface area contributed by atoms with E-state index in [4.69, 9.17) is 4.74 Å². The van der Waals surface area contributed by atoms with E-state index in [2.05, 4.69) is 20.3 Å². The van der Waals surface area contributed by atoms with Crippen molar-refractivity contribution in [3.63, 3.8) is 0 Å². The molecule has 1 aromatic heterocycles. The number of imidazole rings is 1. The van der Waals surface area contributed by atoms with Crippen LogP contribution in [0, 0.1) is 0 Å². The van der Waals surface area contributed by atoms with E-state index >= 15 is 0 Å². The standard InChI is InChI=1S/C23H29N5O2/c1-4-24-23(26-15-21(29)18-10-12-19(30-3)13-11-18)28(2)16-22-25-14-20(27-22)17-8-6-5-7-9-17/h5-14,21,29H,4,15-16H2,1-3H3,(H,24,26)(H,25,27). The lowest BCUT2D eigenvalue weighted by molar-refractivity contribution is 0.186. The average molecular weight is 408 g/mol. The Kier molecular flexibility index (Phi) is 7.45. The smallest absolute Gasteiger partial charge is 0.194 e. The molecule has 7 nitrogen and oxygen atoms in total. The molecule has 0 aliphatic carbocycles. The quantitative estimate of drug-likeness (QED) is 0.394. The van der Waals surface area contributed by atoms with E-state index < -0.39 is 6.10 Å². The van der Waals surface area contributed by atoms with Crippen molar-refractivity contribution >= 4 is 5.96 Å². The largest absolute Gasteiger partial charge is 0.497 e. The van der Waals surface area contributed by atoms with E-state index in [1.807, 2.05) is 79.7 Å². The summed E-state index contributed by atoms with van der Waals surface area (Å²) in [5.41, 5.74) is 2.88. The van der Waals surface area contributed by atoms with Gasteiger partial charge in [0.1, 0.15) is 11.6 Å². The van der Waals surface area contributed by atoms with Gasteiger partial charge in [-0.3, -0.25) is 4.99 Å². The molecule has 1 atom stereocenters. The van der Waals surface area contributed by atoms with Gasteiger partial charge in [-0.05, 0) is 30.2 Å². The summed E-state index contributed by atoms with van der Waals surface area (Å²) in [6.45, 7) is 3.57. The van der Waals surface area contributed by atoms with Gasteiger partial charge in [0.25, 0.3) is 0 Å². The fraction of sp³-hybridized carbons (Fsp3) is 0.304. The van der Waals surface area contributed by atoms with Crippen molar-refractivity contribution in [3.05, 3.63) is 72.2 Å². The molecule has 0 bridgehead atoms. The number of aliphatic hydroxyl groups is 1. The molecule has 0 saturated carbocycles. The zero-order valence-corrected chi connectivity index (χ0v) is 17.7. The number of benzene rings is 2. The molecule has 2 aromatic carbocycles. The number of nitrogens with one attached hydrogen (secondary N) is 2. The van der Waals surface area contributed by atoms with Crippen LogP contribution in [0.25, 0.3) is 11.3 Å². The number of hydrogen-bond acceptors (Lipinski definition) is 4. The number of rotatable bonds is 8. The van der Waals surface area contributed by atoms with Crippen molar-refractivity contribution < 1.29 is 9.84 Å². The second-order valence-electron chi connectivity index (χ2n) is 6.95. The predicted molar refractivity (Wildman–Crippen MR) is 119 cm³/mol. The monoisotopic (exact) mass is 407 g/mol. The first kappa shape index (κ1) is 21.4. The van der Waals surface area contributed by atoms with Gasteiger partial charge in [-0.2, -0.15) is 0 Å². The second-order valence-corrected chi connectivity index (χ2v) is 6.95. The average Bonchev–Trinajstić information content (AvgIpc) is 3.25. The van der Waals surface area contributed by atoms with Crippen LogP contribution in [-0.2, 0) is 6.54 Å². The molecular weight excluding hydrogens is 378 g/mol. The summed E-state index contributed by atoms with van der Waals surface area (Å²) < 4.78 is 5.16. The van der Waals surface area contributed by atoms with E-state index in [-0.39, 0.29) is 6.54 Å². The Hall–Kier alpha value is -3.32. The summed E-state index contributed by atoms with van der Waals surface area (Å²) in [7, 11) is 3.57. The Morgan fingerprint density at radius 2 is 1.93 bits per heavy atom. The minimum Gasteiger partial charge on any atom is -0.497 e. The number of aliphatic hydroxyl groups excluding tert-OH is 1. The van der Waals surface area contributed by atoms with Crippen molar-refractivity contribution in [2.24, 2.45) is 4.99 Å². The molecule has 0 aliphatic heterocycles. The highest BCUT2D eigenvalue weighted by molar-refractivity contribution is 5.79. The van der Waals surface area contributed by atoms with E-state index in [1.165, 1.54) is 0 Å². The number of aromatic amines is 1.